The zero-order valence-corrected chi connectivity index (χ0v) is 19.2. The third kappa shape index (κ3) is 3.20. The fourth-order valence-corrected chi connectivity index (χ4v) is 8.72. The lowest BCUT2D eigenvalue weighted by atomic mass is 9.43. The summed E-state index contributed by atoms with van der Waals surface area (Å²) in [4.78, 5) is 24.9. The zero-order valence-electron chi connectivity index (χ0n) is 19.2. The Balaban J connectivity index is 1.64. The molecule has 0 aromatic rings. The van der Waals surface area contributed by atoms with Gasteiger partial charge in [-0.25, -0.2) is 0 Å². The van der Waals surface area contributed by atoms with E-state index in [2.05, 4.69) is 20.8 Å². The maximum Gasteiger partial charge on any atom is 0.303 e. The second-order valence-electron chi connectivity index (χ2n) is 11.5. The molecule has 0 spiro atoms. The van der Waals surface area contributed by atoms with E-state index in [1.165, 1.54) is 0 Å². The van der Waals surface area contributed by atoms with E-state index in [4.69, 9.17) is 5.11 Å². The molecule has 0 aromatic carbocycles. The fourth-order valence-electron chi connectivity index (χ4n) is 8.72. The van der Waals surface area contributed by atoms with Gasteiger partial charge >= 0.3 is 5.97 Å². The van der Waals surface area contributed by atoms with Crippen molar-refractivity contribution in [2.75, 3.05) is 0 Å². The number of carbonyl (C=O) groups is 2. The average molecular weight is 417 g/mol. The number of carboxylic acid groups (broad SMARTS) is 1. The summed E-state index contributed by atoms with van der Waals surface area (Å²) < 4.78 is 0. The number of aliphatic hydroxyl groups is 1. The van der Waals surface area contributed by atoms with Crippen molar-refractivity contribution in [1.29, 1.82) is 0 Å². The number of carbonyl (C=O) groups excluding carboxylic acids is 1. The standard InChI is InChI=1S/C26H40O4/c1-5-17-21-14-16(27)10-12-26(21,4)20-11-13-25(3)18(15(2)6-9-22(28)29)7-8-19(25)23(20)24(17)30/h5,15-16,18-21,23,27H,6-14H2,1-4H3,(H,28,29)/b17-5+/t15?,16-,18?,19?,20?,21?,23?,25?,26?/m1/s1. The molecule has 0 aliphatic heterocycles. The molecule has 0 amide bonds. The number of aliphatic hydroxyl groups excluding tert-OH is 1. The number of Topliss-reactive ketones (excluding diaryl/α,β-unsaturated/α-hetero) is 1. The van der Waals surface area contributed by atoms with Crippen LogP contribution in [0.25, 0.3) is 0 Å². The SMILES string of the molecule is C/C=C1/C(=O)C2C(CCC3(C)C(C(C)CCC(=O)O)CCC23)C2(C)CC[C@@H](O)CC12. The topological polar surface area (TPSA) is 74.6 Å². The molecule has 8 unspecified atom stereocenters. The van der Waals surface area contributed by atoms with E-state index in [1.807, 2.05) is 13.0 Å². The summed E-state index contributed by atoms with van der Waals surface area (Å²) in [6.45, 7) is 9.04. The maximum atomic E-state index is 13.8. The van der Waals surface area contributed by atoms with Gasteiger partial charge in [-0.2, -0.15) is 0 Å². The van der Waals surface area contributed by atoms with Gasteiger partial charge in [-0.15, -0.1) is 0 Å². The van der Waals surface area contributed by atoms with Gasteiger partial charge in [-0.3, -0.25) is 9.59 Å². The molecule has 2 N–H and O–H groups in total. The second kappa shape index (κ2) is 7.76. The predicted molar refractivity (Wildman–Crippen MR) is 117 cm³/mol. The highest BCUT2D eigenvalue weighted by atomic mass is 16.4. The van der Waals surface area contributed by atoms with Crippen molar-refractivity contribution in [3.05, 3.63) is 11.6 Å². The van der Waals surface area contributed by atoms with Crippen LogP contribution in [0, 0.1) is 46.3 Å². The van der Waals surface area contributed by atoms with Gasteiger partial charge in [0.1, 0.15) is 0 Å². The van der Waals surface area contributed by atoms with Gasteiger partial charge in [0.05, 0.1) is 6.10 Å². The number of allylic oxidation sites excluding steroid dienone is 2. The lowest BCUT2D eigenvalue weighted by molar-refractivity contribution is -0.150. The van der Waals surface area contributed by atoms with Crippen LogP contribution in [0.2, 0.25) is 0 Å². The Morgan fingerprint density at radius 1 is 1.13 bits per heavy atom. The molecule has 4 heteroatoms. The molecule has 4 aliphatic carbocycles. The van der Waals surface area contributed by atoms with Crippen LogP contribution in [-0.4, -0.2) is 28.1 Å². The minimum Gasteiger partial charge on any atom is -0.481 e. The molecule has 4 aliphatic rings. The summed E-state index contributed by atoms with van der Waals surface area (Å²) in [7, 11) is 0. The molecule has 4 nitrogen and oxygen atoms in total. The number of ketones is 1. The quantitative estimate of drug-likeness (QED) is 0.614. The van der Waals surface area contributed by atoms with E-state index in [9.17, 15) is 14.7 Å². The molecule has 4 fully saturated rings. The third-order valence-corrected chi connectivity index (χ3v) is 10.3. The van der Waals surface area contributed by atoms with Crippen molar-refractivity contribution in [3.63, 3.8) is 0 Å². The van der Waals surface area contributed by atoms with Crippen molar-refractivity contribution in [2.24, 2.45) is 46.3 Å². The molecule has 0 bridgehead atoms. The van der Waals surface area contributed by atoms with Crippen molar-refractivity contribution < 1.29 is 19.8 Å². The first kappa shape index (κ1) is 22.0. The molecule has 0 saturated heterocycles. The number of hydrogen-bond donors (Lipinski definition) is 2. The molecule has 0 aromatic heterocycles. The first-order valence-corrected chi connectivity index (χ1v) is 12.2. The predicted octanol–water partition coefficient (Wildman–Crippen LogP) is 5.24. The highest BCUT2D eigenvalue weighted by Gasteiger charge is 2.64. The van der Waals surface area contributed by atoms with Crippen LogP contribution < -0.4 is 0 Å². The van der Waals surface area contributed by atoms with Gasteiger partial charge in [0.2, 0.25) is 0 Å². The van der Waals surface area contributed by atoms with Gasteiger partial charge in [0.25, 0.3) is 0 Å². The first-order chi connectivity index (χ1) is 14.1. The fraction of sp³-hybridized carbons (Fsp3) is 0.846. The van der Waals surface area contributed by atoms with E-state index in [0.717, 1.165) is 56.9 Å². The van der Waals surface area contributed by atoms with Gasteiger partial charge in [0, 0.05) is 12.3 Å². The molecular weight excluding hydrogens is 376 g/mol. The summed E-state index contributed by atoms with van der Waals surface area (Å²) >= 11 is 0. The van der Waals surface area contributed by atoms with E-state index in [1.54, 1.807) is 0 Å². The Morgan fingerprint density at radius 3 is 2.47 bits per heavy atom. The van der Waals surface area contributed by atoms with Crippen LogP contribution in [0.5, 0.6) is 0 Å². The lowest BCUT2D eigenvalue weighted by Crippen LogP contribution is -2.58. The second-order valence-corrected chi connectivity index (χ2v) is 11.5. The molecule has 168 valence electrons. The highest BCUT2D eigenvalue weighted by Crippen LogP contribution is 2.68. The minimum atomic E-state index is -0.705. The molecule has 0 radical (unpaired) electrons. The summed E-state index contributed by atoms with van der Waals surface area (Å²) in [5.41, 5.74) is 1.25. The van der Waals surface area contributed by atoms with Gasteiger partial charge in [-0.1, -0.05) is 26.8 Å². The summed E-state index contributed by atoms with van der Waals surface area (Å²) in [5, 5.41) is 19.5. The monoisotopic (exact) mass is 416 g/mol. The van der Waals surface area contributed by atoms with Crippen LogP contribution in [0.4, 0.5) is 0 Å². The number of rotatable bonds is 4. The number of aliphatic carboxylic acids is 1. The van der Waals surface area contributed by atoms with E-state index in [0.29, 0.717) is 29.5 Å². The first-order valence-electron chi connectivity index (χ1n) is 12.2. The van der Waals surface area contributed by atoms with Crippen LogP contribution >= 0.6 is 0 Å². The van der Waals surface area contributed by atoms with Crippen molar-refractivity contribution in [1.82, 2.24) is 0 Å². The van der Waals surface area contributed by atoms with E-state index in [-0.39, 0.29) is 35.2 Å². The molecule has 30 heavy (non-hydrogen) atoms. The summed E-state index contributed by atoms with van der Waals surface area (Å²) in [5.74, 6) is 1.74. The maximum absolute atomic E-state index is 13.8. The van der Waals surface area contributed by atoms with E-state index < -0.39 is 5.97 Å². The Hall–Kier alpha value is -1.16. The van der Waals surface area contributed by atoms with Crippen LogP contribution in [-0.2, 0) is 9.59 Å². The third-order valence-electron chi connectivity index (χ3n) is 10.3. The molecule has 4 saturated carbocycles. The van der Waals surface area contributed by atoms with Gasteiger partial charge < -0.3 is 10.2 Å². The van der Waals surface area contributed by atoms with Gasteiger partial charge in [0.15, 0.2) is 5.78 Å². The Bertz CT molecular complexity index is 741. The number of carboxylic acids is 1. The van der Waals surface area contributed by atoms with Gasteiger partial charge in [-0.05, 0) is 104 Å². The lowest BCUT2D eigenvalue weighted by Gasteiger charge is -2.61. The average Bonchev–Trinajstić information content (AvgIpc) is 3.05. The largest absolute Gasteiger partial charge is 0.481 e. The summed E-state index contributed by atoms with van der Waals surface area (Å²) in [6.07, 6.45) is 9.86. The Labute approximate surface area is 181 Å². The highest BCUT2D eigenvalue weighted by molar-refractivity contribution is 5.99. The van der Waals surface area contributed by atoms with Crippen molar-refractivity contribution in [2.45, 2.75) is 91.6 Å². The zero-order chi connectivity index (χ0) is 21.8. The molecular formula is C26H40O4. The smallest absolute Gasteiger partial charge is 0.303 e. The van der Waals surface area contributed by atoms with Crippen LogP contribution in [0.1, 0.15) is 85.5 Å². The normalized spacial score (nSPS) is 48.0. The molecule has 0 heterocycles. The molecule has 9 atom stereocenters. The van der Waals surface area contributed by atoms with E-state index >= 15 is 0 Å². The van der Waals surface area contributed by atoms with Crippen molar-refractivity contribution >= 4 is 11.8 Å². The van der Waals surface area contributed by atoms with Crippen LogP contribution in [0.15, 0.2) is 11.6 Å². The minimum absolute atomic E-state index is 0.114. The number of fused-ring (bicyclic) bond motifs is 5. The van der Waals surface area contributed by atoms with Crippen LogP contribution in [0.3, 0.4) is 0 Å². The summed E-state index contributed by atoms with van der Waals surface area (Å²) in [6, 6.07) is 0. The van der Waals surface area contributed by atoms with Crippen molar-refractivity contribution in [3.8, 4) is 0 Å². The Kier molecular flexibility index (Phi) is 5.70. The number of hydrogen-bond acceptors (Lipinski definition) is 3. The molecule has 4 rings (SSSR count). The Morgan fingerprint density at radius 2 is 1.80 bits per heavy atom.